The molecule has 0 unspecified atom stereocenters. The van der Waals surface area contributed by atoms with Crippen molar-refractivity contribution in [2.45, 2.75) is 51.0 Å². The van der Waals surface area contributed by atoms with Crippen molar-refractivity contribution in [1.82, 2.24) is 0 Å². The summed E-state index contributed by atoms with van der Waals surface area (Å²) in [5, 5.41) is 9.02. The van der Waals surface area contributed by atoms with E-state index in [4.69, 9.17) is 10.8 Å². The first-order valence-corrected chi connectivity index (χ1v) is 5.62. The zero-order chi connectivity index (χ0) is 10.2. The van der Waals surface area contributed by atoms with Crippen LogP contribution in [0.3, 0.4) is 0 Å². The van der Waals surface area contributed by atoms with Crippen molar-refractivity contribution >= 4 is 5.97 Å². The first kappa shape index (κ1) is 9.97. The molecule has 0 aromatic carbocycles. The molecule has 2 fully saturated rings. The molecule has 0 aliphatic heterocycles. The fourth-order valence-electron chi connectivity index (χ4n) is 3.44. The van der Waals surface area contributed by atoms with Crippen molar-refractivity contribution in [2.75, 3.05) is 0 Å². The van der Waals surface area contributed by atoms with E-state index in [-0.39, 0.29) is 5.41 Å². The summed E-state index contributed by atoms with van der Waals surface area (Å²) in [6.45, 7) is 0. The second-order valence-corrected chi connectivity index (χ2v) is 5.03. The summed E-state index contributed by atoms with van der Waals surface area (Å²) in [6.07, 6.45) is 8.02. The van der Waals surface area contributed by atoms with Gasteiger partial charge in [0.1, 0.15) is 6.04 Å². The number of carbonyl (C=O) groups is 1. The predicted molar refractivity (Wildman–Crippen MR) is 53.9 cm³/mol. The largest absolute Gasteiger partial charge is 0.480 e. The van der Waals surface area contributed by atoms with Crippen LogP contribution in [-0.2, 0) is 4.79 Å². The number of hydrogen-bond donors (Lipinski definition) is 2. The topological polar surface area (TPSA) is 63.3 Å². The Morgan fingerprint density at radius 3 is 2.43 bits per heavy atom. The van der Waals surface area contributed by atoms with Gasteiger partial charge in [-0.25, -0.2) is 0 Å². The van der Waals surface area contributed by atoms with Gasteiger partial charge in [0.05, 0.1) is 0 Å². The minimum Gasteiger partial charge on any atom is -0.480 e. The van der Waals surface area contributed by atoms with E-state index in [1.54, 1.807) is 0 Å². The van der Waals surface area contributed by atoms with Gasteiger partial charge in [-0.2, -0.15) is 0 Å². The molecular formula is C11H19NO2. The third kappa shape index (κ3) is 1.54. The van der Waals surface area contributed by atoms with Crippen molar-refractivity contribution in [3.05, 3.63) is 0 Å². The maximum atomic E-state index is 11.0. The van der Waals surface area contributed by atoms with Crippen LogP contribution < -0.4 is 5.73 Å². The van der Waals surface area contributed by atoms with Gasteiger partial charge in [-0.15, -0.1) is 0 Å². The molecule has 14 heavy (non-hydrogen) atoms. The van der Waals surface area contributed by atoms with Gasteiger partial charge in [0.2, 0.25) is 0 Å². The second-order valence-electron chi connectivity index (χ2n) is 5.03. The summed E-state index contributed by atoms with van der Waals surface area (Å²) in [5.74, 6) is -0.0598. The molecule has 0 spiro atoms. The van der Waals surface area contributed by atoms with Gasteiger partial charge in [-0.1, -0.05) is 25.7 Å². The van der Waals surface area contributed by atoms with E-state index in [0.717, 1.165) is 25.2 Å². The average Bonchev–Trinajstić information content (AvgIpc) is 2.16. The quantitative estimate of drug-likeness (QED) is 0.709. The van der Waals surface area contributed by atoms with Crippen molar-refractivity contribution < 1.29 is 9.90 Å². The molecule has 3 N–H and O–H groups in total. The molecule has 2 rings (SSSR count). The second kappa shape index (κ2) is 3.54. The highest BCUT2D eigenvalue weighted by atomic mass is 16.4. The molecule has 3 heteroatoms. The maximum Gasteiger partial charge on any atom is 0.321 e. The van der Waals surface area contributed by atoms with Gasteiger partial charge >= 0.3 is 5.97 Å². The molecule has 80 valence electrons. The molecule has 2 aliphatic rings. The minimum atomic E-state index is -0.812. The highest BCUT2D eigenvalue weighted by Crippen LogP contribution is 2.50. The zero-order valence-corrected chi connectivity index (χ0v) is 8.54. The molecule has 1 atom stereocenters. The summed E-state index contributed by atoms with van der Waals surface area (Å²) in [5.41, 5.74) is 5.77. The van der Waals surface area contributed by atoms with Crippen molar-refractivity contribution in [3.8, 4) is 0 Å². The van der Waals surface area contributed by atoms with Crippen LogP contribution in [0, 0.1) is 11.3 Å². The van der Waals surface area contributed by atoms with Gasteiger partial charge in [0, 0.05) is 0 Å². The lowest BCUT2D eigenvalue weighted by Gasteiger charge is -2.47. The molecule has 0 amide bonds. The Morgan fingerprint density at radius 1 is 1.36 bits per heavy atom. The van der Waals surface area contributed by atoms with Crippen molar-refractivity contribution in [2.24, 2.45) is 17.1 Å². The van der Waals surface area contributed by atoms with Crippen LogP contribution in [0.1, 0.15) is 44.9 Å². The van der Waals surface area contributed by atoms with E-state index in [2.05, 4.69) is 0 Å². The van der Waals surface area contributed by atoms with E-state index in [0.29, 0.717) is 0 Å². The first-order valence-electron chi connectivity index (χ1n) is 5.62. The lowest BCUT2D eigenvalue weighted by atomic mass is 9.59. The molecule has 2 aliphatic carbocycles. The summed E-state index contributed by atoms with van der Waals surface area (Å²) >= 11 is 0. The summed E-state index contributed by atoms with van der Waals surface area (Å²) in [4.78, 5) is 11.0. The molecule has 0 aromatic heterocycles. The number of carboxylic acids is 1. The monoisotopic (exact) mass is 197 g/mol. The number of carboxylic acid groups (broad SMARTS) is 1. The minimum absolute atomic E-state index is 0.0625. The van der Waals surface area contributed by atoms with E-state index in [9.17, 15) is 4.79 Å². The van der Waals surface area contributed by atoms with Crippen LogP contribution in [0.15, 0.2) is 0 Å². The number of rotatable bonds is 2. The zero-order valence-electron chi connectivity index (χ0n) is 8.54. The number of aliphatic carboxylic acids is 1. The Labute approximate surface area is 84.7 Å². The third-order valence-electron chi connectivity index (χ3n) is 4.20. The third-order valence-corrected chi connectivity index (χ3v) is 4.20. The van der Waals surface area contributed by atoms with Crippen LogP contribution in [0.5, 0.6) is 0 Å². The molecule has 2 saturated carbocycles. The Hall–Kier alpha value is -0.570. The Bertz CT molecular complexity index is 229. The van der Waals surface area contributed by atoms with E-state index < -0.39 is 12.0 Å². The molecule has 0 saturated heterocycles. The van der Waals surface area contributed by atoms with Crippen LogP contribution >= 0.6 is 0 Å². The standard InChI is InChI=1S/C11H19NO2/c12-9(10(13)14)11-5-1-3-8(7-11)4-2-6-11/h8-9H,1-7,12H2,(H,13,14)/t8?,9-,11?/m1/s1. The Kier molecular flexibility index (Phi) is 2.52. The predicted octanol–water partition coefficient (Wildman–Crippen LogP) is 1.76. The number of fused-ring (bicyclic) bond motifs is 2. The summed E-state index contributed by atoms with van der Waals surface area (Å²) in [7, 11) is 0. The van der Waals surface area contributed by atoms with Crippen LogP contribution in [0.2, 0.25) is 0 Å². The highest BCUT2D eigenvalue weighted by Gasteiger charge is 2.46. The van der Waals surface area contributed by atoms with E-state index in [1.165, 1.54) is 25.7 Å². The fourth-order valence-corrected chi connectivity index (χ4v) is 3.44. The van der Waals surface area contributed by atoms with Gasteiger partial charge in [0.25, 0.3) is 0 Å². The summed E-state index contributed by atoms with van der Waals surface area (Å²) < 4.78 is 0. The molecule has 0 heterocycles. The van der Waals surface area contributed by atoms with E-state index >= 15 is 0 Å². The summed E-state index contributed by atoms with van der Waals surface area (Å²) in [6, 6.07) is -0.634. The average molecular weight is 197 g/mol. The molecule has 0 radical (unpaired) electrons. The van der Waals surface area contributed by atoms with Gasteiger partial charge < -0.3 is 10.8 Å². The smallest absolute Gasteiger partial charge is 0.321 e. The van der Waals surface area contributed by atoms with Crippen molar-refractivity contribution in [3.63, 3.8) is 0 Å². The van der Waals surface area contributed by atoms with Crippen molar-refractivity contribution in [1.29, 1.82) is 0 Å². The Morgan fingerprint density at radius 2 is 1.93 bits per heavy atom. The van der Waals surface area contributed by atoms with Crippen LogP contribution in [-0.4, -0.2) is 17.1 Å². The van der Waals surface area contributed by atoms with Gasteiger partial charge in [0.15, 0.2) is 0 Å². The number of hydrogen-bond acceptors (Lipinski definition) is 2. The fraction of sp³-hybridized carbons (Fsp3) is 0.909. The SMILES string of the molecule is N[C@H](C(=O)O)C12CCCC(CCC1)C2. The van der Waals surface area contributed by atoms with Crippen LogP contribution in [0.25, 0.3) is 0 Å². The number of nitrogens with two attached hydrogens (primary N) is 1. The molecule has 3 nitrogen and oxygen atoms in total. The molecule has 0 aromatic rings. The highest BCUT2D eigenvalue weighted by molar-refractivity contribution is 5.74. The normalized spacial score (nSPS) is 39.1. The Balaban J connectivity index is 2.15. The van der Waals surface area contributed by atoms with Crippen LogP contribution in [0.4, 0.5) is 0 Å². The molecular weight excluding hydrogens is 178 g/mol. The van der Waals surface area contributed by atoms with Gasteiger partial charge in [-0.05, 0) is 30.6 Å². The first-order chi connectivity index (χ1) is 6.64. The maximum absolute atomic E-state index is 11.0. The lowest BCUT2D eigenvalue weighted by molar-refractivity contribution is -0.144. The van der Waals surface area contributed by atoms with E-state index in [1.807, 2.05) is 0 Å². The van der Waals surface area contributed by atoms with Gasteiger partial charge in [-0.3, -0.25) is 4.79 Å². The lowest BCUT2D eigenvalue weighted by Crippen LogP contribution is -2.51. The molecule has 2 bridgehead atoms.